The number of carbonyl (C=O) groups excluding carboxylic acids is 3. The van der Waals surface area contributed by atoms with Gasteiger partial charge >= 0.3 is 17.9 Å². The number of hydrogen-bond donors (Lipinski definition) is 0. The molecule has 0 aliphatic heterocycles. The minimum atomic E-state index is -0.776. The van der Waals surface area contributed by atoms with E-state index in [0.717, 1.165) is 5.39 Å². The molecule has 0 aliphatic rings. The number of hydrogen-bond acceptors (Lipinski definition) is 6. The van der Waals surface area contributed by atoms with Crippen LogP contribution in [0.4, 0.5) is 0 Å². The molecule has 2 aromatic heterocycles. The molecule has 146 valence electrons. The molecule has 0 bridgehead atoms. The maximum atomic E-state index is 12.8. The third-order valence-electron chi connectivity index (χ3n) is 4.25. The molecule has 0 atom stereocenters. The van der Waals surface area contributed by atoms with Gasteiger partial charge in [-0.05, 0) is 32.2 Å². The third kappa shape index (κ3) is 3.19. The quantitative estimate of drug-likeness (QED) is 0.478. The fourth-order valence-corrected chi connectivity index (χ4v) is 3.22. The Balaban J connectivity index is 2.49. The zero-order chi connectivity index (χ0) is 20.3. The second kappa shape index (κ2) is 8.12. The monoisotopic (exact) mass is 383 g/mol. The highest BCUT2D eigenvalue weighted by Crippen LogP contribution is 2.32. The van der Waals surface area contributed by atoms with Gasteiger partial charge in [0.15, 0.2) is 0 Å². The molecule has 7 heteroatoms. The molecule has 0 aliphatic carbocycles. The van der Waals surface area contributed by atoms with Gasteiger partial charge in [-0.15, -0.1) is 0 Å². The minimum Gasteiger partial charge on any atom is -0.462 e. The van der Waals surface area contributed by atoms with E-state index < -0.39 is 17.9 Å². The Morgan fingerprint density at radius 3 is 2.00 bits per heavy atom. The van der Waals surface area contributed by atoms with Crippen LogP contribution in [0.3, 0.4) is 0 Å². The van der Waals surface area contributed by atoms with Crippen molar-refractivity contribution < 1.29 is 28.6 Å². The fraction of sp³-hybridized carbons (Fsp3) is 0.286. The molecule has 0 fully saturated rings. The maximum Gasteiger partial charge on any atom is 0.356 e. The van der Waals surface area contributed by atoms with Crippen LogP contribution in [0.25, 0.3) is 16.3 Å². The number of benzene rings is 1. The first kappa shape index (κ1) is 19.4. The van der Waals surface area contributed by atoms with E-state index in [1.807, 2.05) is 24.3 Å². The summed E-state index contributed by atoms with van der Waals surface area (Å²) in [4.78, 5) is 38.3. The van der Waals surface area contributed by atoms with Crippen molar-refractivity contribution in [2.24, 2.45) is 0 Å². The average Bonchev–Trinajstić information content (AvgIpc) is 3.04. The van der Waals surface area contributed by atoms with Crippen molar-refractivity contribution in [3.63, 3.8) is 0 Å². The Hall–Kier alpha value is -3.35. The number of ether oxygens (including phenoxy) is 3. The van der Waals surface area contributed by atoms with Crippen LogP contribution in [-0.4, -0.2) is 42.1 Å². The molecular weight excluding hydrogens is 362 g/mol. The second-order valence-electron chi connectivity index (χ2n) is 5.88. The molecule has 0 radical (unpaired) electrons. The van der Waals surface area contributed by atoms with Crippen LogP contribution in [0, 0.1) is 0 Å². The van der Waals surface area contributed by atoms with Gasteiger partial charge in [0, 0.05) is 11.6 Å². The van der Waals surface area contributed by atoms with E-state index in [9.17, 15) is 14.4 Å². The number of fused-ring (bicyclic) bond motifs is 3. The van der Waals surface area contributed by atoms with E-state index in [1.54, 1.807) is 33.0 Å². The summed E-state index contributed by atoms with van der Waals surface area (Å²) < 4.78 is 17.0. The van der Waals surface area contributed by atoms with Gasteiger partial charge in [-0.1, -0.05) is 24.3 Å². The minimum absolute atomic E-state index is 0.000142. The molecule has 3 rings (SSSR count). The Labute approximate surface area is 161 Å². The van der Waals surface area contributed by atoms with Crippen molar-refractivity contribution in [2.75, 3.05) is 19.8 Å². The topological polar surface area (TPSA) is 83.3 Å². The normalized spacial score (nSPS) is 10.8. The third-order valence-corrected chi connectivity index (χ3v) is 4.25. The highest BCUT2D eigenvalue weighted by atomic mass is 16.5. The van der Waals surface area contributed by atoms with Gasteiger partial charge in [-0.3, -0.25) is 0 Å². The SMILES string of the molecule is CCOC(=O)c1c(C(=O)OCC)c2c3ccccc3ccn2c1C(=O)OCC. The first-order valence-electron chi connectivity index (χ1n) is 9.12. The van der Waals surface area contributed by atoms with E-state index in [2.05, 4.69) is 0 Å². The van der Waals surface area contributed by atoms with Gasteiger partial charge in [-0.2, -0.15) is 0 Å². The second-order valence-corrected chi connectivity index (χ2v) is 5.88. The van der Waals surface area contributed by atoms with E-state index >= 15 is 0 Å². The molecule has 0 saturated carbocycles. The lowest BCUT2D eigenvalue weighted by Crippen LogP contribution is -2.17. The molecule has 0 spiro atoms. The summed E-state index contributed by atoms with van der Waals surface area (Å²) in [7, 11) is 0. The van der Waals surface area contributed by atoms with Gasteiger partial charge in [-0.25, -0.2) is 14.4 Å². The van der Waals surface area contributed by atoms with Crippen molar-refractivity contribution in [2.45, 2.75) is 20.8 Å². The average molecular weight is 383 g/mol. The van der Waals surface area contributed by atoms with Crippen molar-refractivity contribution in [1.29, 1.82) is 0 Å². The zero-order valence-corrected chi connectivity index (χ0v) is 16.0. The Bertz CT molecular complexity index is 1070. The van der Waals surface area contributed by atoms with Crippen LogP contribution < -0.4 is 0 Å². The lowest BCUT2D eigenvalue weighted by atomic mass is 10.1. The van der Waals surface area contributed by atoms with Gasteiger partial charge in [0.1, 0.15) is 16.8 Å². The molecule has 2 heterocycles. The van der Waals surface area contributed by atoms with Crippen molar-refractivity contribution in [3.8, 4) is 0 Å². The zero-order valence-electron chi connectivity index (χ0n) is 16.0. The summed E-state index contributed by atoms with van der Waals surface area (Å²) in [5.74, 6) is -2.19. The van der Waals surface area contributed by atoms with Crippen LogP contribution in [-0.2, 0) is 14.2 Å². The number of rotatable bonds is 6. The van der Waals surface area contributed by atoms with Crippen LogP contribution in [0.15, 0.2) is 36.5 Å². The first-order chi connectivity index (χ1) is 13.5. The van der Waals surface area contributed by atoms with E-state index in [0.29, 0.717) is 10.9 Å². The number of carbonyl (C=O) groups is 3. The number of nitrogens with zero attached hydrogens (tertiary/aromatic N) is 1. The number of pyridine rings is 1. The molecule has 1 aromatic carbocycles. The summed E-state index contributed by atoms with van der Waals surface area (Å²) in [5, 5.41) is 1.55. The van der Waals surface area contributed by atoms with Gasteiger partial charge in [0.2, 0.25) is 0 Å². The standard InChI is InChI=1S/C21H21NO6/c1-4-26-19(23)15-16(20(24)27-5-2)18(21(25)28-6-3)22-12-11-13-9-7-8-10-14(13)17(15)22/h7-12H,4-6H2,1-3H3. The molecule has 0 saturated heterocycles. The summed E-state index contributed by atoms with van der Waals surface area (Å²) in [6.45, 7) is 5.33. The largest absolute Gasteiger partial charge is 0.462 e. The number of esters is 3. The molecule has 3 aromatic rings. The molecule has 0 amide bonds. The fourth-order valence-electron chi connectivity index (χ4n) is 3.22. The Morgan fingerprint density at radius 2 is 1.36 bits per heavy atom. The van der Waals surface area contributed by atoms with E-state index in [4.69, 9.17) is 14.2 Å². The predicted octanol–water partition coefficient (Wildman–Crippen LogP) is 3.62. The lowest BCUT2D eigenvalue weighted by Gasteiger charge is -2.07. The van der Waals surface area contributed by atoms with Gasteiger partial charge < -0.3 is 18.6 Å². The molecule has 28 heavy (non-hydrogen) atoms. The Kier molecular flexibility index (Phi) is 5.63. The molecular formula is C21H21NO6. The summed E-state index contributed by atoms with van der Waals surface area (Å²) >= 11 is 0. The Morgan fingerprint density at radius 1 is 0.786 bits per heavy atom. The van der Waals surface area contributed by atoms with E-state index in [1.165, 1.54) is 4.40 Å². The summed E-state index contributed by atoms with van der Waals surface area (Å²) in [5.41, 5.74) is 0.210. The van der Waals surface area contributed by atoms with Crippen molar-refractivity contribution >= 4 is 34.2 Å². The van der Waals surface area contributed by atoms with Crippen molar-refractivity contribution in [1.82, 2.24) is 4.40 Å². The predicted molar refractivity (Wildman–Crippen MR) is 103 cm³/mol. The van der Waals surface area contributed by atoms with Crippen LogP contribution in [0.2, 0.25) is 0 Å². The molecule has 0 N–H and O–H groups in total. The smallest absolute Gasteiger partial charge is 0.356 e. The molecule has 7 nitrogen and oxygen atoms in total. The van der Waals surface area contributed by atoms with Crippen LogP contribution >= 0.6 is 0 Å². The molecule has 0 unspecified atom stereocenters. The summed E-state index contributed by atoms with van der Waals surface area (Å²) in [6, 6.07) is 9.18. The summed E-state index contributed by atoms with van der Waals surface area (Å²) in [6.07, 6.45) is 1.63. The maximum absolute atomic E-state index is 12.8. The lowest BCUT2D eigenvalue weighted by molar-refractivity contribution is 0.0459. The highest BCUT2D eigenvalue weighted by molar-refractivity contribution is 6.18. The van der Waals surface area contributed by atoms with E-state index in [-0.39, 0.29) is 36.6 Å². The van der Waals surface area contributed by atoms with Crippen LogP contribution in [0.1, 0.15) is 52.0 Å². The number of aromatic nitrogens is 1. The van der Waals surface area contributed by atoms with Gasteiger partial charge in [0.05, 0.1) is 25.3 Å². The van der Waals surface area contributed by atoms with Crippen molar-refractivity contribution in [3.05, 3.63) is 53.3 Å². The first-order valence-corrected chi connectivity index (χ1v) is 9.12. The van der Waals surface area contributed by atoms with Crippen LogP contribution in [0.5, 0.6) is 0 Å². The highest BCUT2D eigenvalue weighted by Gasteiger charge is 2.34. The van der Waals surface area contributed by atoms with Gasteiger partial charge in [0.25, 0.3) is 0 Å².